The van der Waals surface area contributed by atoms with Gasteiger partial charge in [0.2, 0.25) is 5.82 Å². The number of rotatable bonds is 5. The monoisotopic (exact) mass is 407 g/mol. The van der Waals surface area contributed by atoms with E-state index in [1.807, 2.05) is 32.0 Å². The number of anilines is 1. The molecule has 0 amide bonds. The average molecular weight is 408 g/mol. The highest BCUT2D eigenvalue weighted by atomic mass is 16.6. The van der Waals surface area contributed by atoms with Crippen LogP contribution in [-0.4, -0.2) is 46.0 Å². The highest BCUT2D eigenvalue weighted by molar-refractivity contribution is 5.91. The standard InChI is InChI=1S/C23H29N5O2/c1-17(21(26-13-9-10-14-26)19-11-5-3-6-12-19)20-22(28(29)30)23(25-18(2)24-20)27-15-7-4-8-16-27/h3,5-6,11-12H,4,7-10,13-16H2,1-2H3/b21-17-. The van der Waals surface area contributed by atoms with E-state index in [2.05, 4.69) is 31.9 Å². The van der Waals surface area contributed by atoms with E-state index in [9.17, 15) is 10.1 Å². The zero-order chi connectivity index (χ0) is 21.1. The predicted octanol–water partition coefficient (Wildman–Crippen LogP) is 4.67. The van der Waals surface area contributed by atoms with E-state index in [-0.39, 0.29) is 10.6 Å². The van der Waals surface area contributed by atoms with Crippen molar-refractivity contribution in [2.24, 2.45) is 0 Å². The van der Waals surface area contributed by atoms with Crippen molar-refractivity contribution in [2.45, 2.75) is 46.0 Å². The van der Waals surface area contributed by atoms with Crippen molar-refractivity contribution in [1.82, 2.24) is 14.9 Å². The van der Waals surface area contributed by atoms with E-state index in [1.165, 1.54) is 0 Å². The molecule has 0 aliphatic carbocycles. The second-order valence-corrected chi connectivity index (χ2v) is 8.13. The molecule has 7 heteroatoms. The molecule has 158 valence electrons. The van der Waals surface area contributed by atoms with Crippen LogP contribution in [0.25, 0.3) is 11.3 Å². The van der Waals surface area contributed by atoms with Gasteiger partial charge in [-0.05, 0) is 51.5 Å². The molecule has 0 radical (unpaired) electrons. The van der Waals surface area contributed by atoms with Gasteiger partial charge in [-0.3, -0.25) is 10.1 Å². The van der Waals surface area contributed by atoms with Crippen molar-refractivity contribution in [3.63, 3.8) is 0 Å². The van der Waals surface area contributed by atoms with Crippen LogP contribution in [0.5, 0.6) is 0 Å². The van der Waals surface area contributed by atoms with Crippen LogP contribution in [0.2, 0.25) is 0 Å². The maximum atomic E-state index is 12.2. The number of aromatic nitrogens is 2. The van der Waals surface area contributed by atoms with E-state index in [1.54, 1.807) is 0 Å². The van der Waals surface area contributed by atoms with Crippen LogP contribution in [0.4, 0.5) is 11.5 Å². The lowest BCUT2D eigenvalue weighted by Gasteiger charge is -2.28. The normalized spacial score (nSPS) is 17.8. The van der Waals surface area contributed by atoms with Gasteiger partial charge in [-0.2, -0.15) is 0 Å². The Balaban J connectivity index is 1.92. The van der Waals surface area contributed by atoms with E-state index in [4.69, 9.17) is 0 Å². The molecule has 0 unspecified atom stereocenters. The zero-order valence-electron chi connectivity index (χ0n) is 17.8. The maximum Gasteiger partial charge on any atom is 0.337 e. The minimum atomic E-state index is -0.297. The Kier molecular flexibility index (Phi) is 5.97. The molecule has 2 aromatic rings. The SMILES string of the molecule is C/C(=C(\c1ccccc1)N1CCCC1)c1nc(C)nc(N2CCCCC2)c1[N+](=O)[O-]. The van der Waals surface area contributed by atoms with Gasteiger partial charge in [0.15, 0.2) is 5.69 Å². The highest BCUT2D eigenvalue weighted by Gasteiger charge is 2.31. The molecule has 30 heavy (non-hydrogen) atoms. The van der Waals surface area contributed by atoms with Crippen LogP contribution in [0, 0.1) is 17.0 Å². The second-order valence-electron chi connectivity index (χ2n) is 8.13. The molecular weight excluding hydrogens is 378 g/mol. The smallest absolute Gasteiger partial charge is 0.337 e. The van der Waals surface area contributed by atoms with Crippen molar-refractivity contribution in [3.8, 4) is 0 Å². The summed E-state index contributed by atoms with van der Waals surface area (Å²) >= 11 is 0. The molecule has 7 nitrogen and oxygen atoms in total. The van der Waals surface area contributed by atoms with Crippen LogP contribution < -0.4 is 4.90 Å². The Morgan fingerprint density at radius 3 is 2.23 bits per heavy atom. The first-order valence-electron chi connectivity index (χ1n) is 10.9. The third kappa shape index (κ3) is 4.01. The summed E-state index contributed by atoms with van der Waals surface area (Å²) in [5.74, 6) is 1.04. The Bertz CT molecular complexity index is 946. The molecule has 2 saturated heterocycles. The first-order chi connectivity index (χ1) is 14.6. The average Bonchev–Trinajstić information content (AvgIpc) is 3.28. The lowest BCUT2D eigenvalue weighted by atomic mass is 10.0. The number of piperidine rings is 1. The van der Waals surface area contributed by atoms with Crippen molar-refractivity contribution in [2.75, 3.05) is 31.1 Å². The van der Waals surface area contributed by atoms with Gasteiger partial charge in [0, 0.05) is 37.4 Å². The number of benzene rings is 1. The van der Waals surface area contributed by atoms with Gasteiger partial charge < -0.3 is 9.80 Å². The van der Waals surface area contributed by atoms with E-state index in [0.717, 1.165) is 75.1 Å². The predicted molar refractivity (Wildman–Crippen MR) is 119 cm³/mol. The molecule has 1 aromatic heterocycles. The largest absolute Gasteiger partial charge is 0.371 e. The summed E-state index contributed by atoms with van der Waals surface area (Å²) in [6.07, 6.45) is 5.50. The summed E-state index contributed by atoms with van der Waals surface area (Å²) < 4.78 is 0. The van der Waals surface area contributed by atoms with Crippen LogP contribution in [0.3, 0.4) is 0 Å². The molecule has 0 N–H and O–H groups in total. The zero-order valence-corrected chi connectivity index (χ0v) is 17.8. The summed E-state index contributed by atoms with van der Waals surface area (Å²) in [6.45, 7) is 7.31. The Morgan fingerprint density at radius 2 is 1.60 bits per heavy atom. The summed E-state index contributed by atoms with van der Waals surface area (Å²) in [7, 11) is 0. The Morgan fingerprint density at radius 1 is 0.967 bits per heavy atom. The van der Waals surface area contributed by atoms with Gasteiger partial charge in [-0.25, -0.2) is 9.97 Å². The number of likely N-dealkylation sites (tertiary alicyclic amines) is 1. The number of hydrogen-bond donors (Lipinski definition) is 0. The van der Waals surface area contributed by atoms with Crippen LogP contribution in [0.15, 0.2) is 30.3 Å². The molecule has 2 fully saturated rings. The quantitative estimate of drug-likeness (QED) is 0.530. The summed E-state index contributed by atoms with van der Waals surface area (Å²) in [5.41, 5.74) is 3.44. The second kappa shape index (κ2) is 8.81. The maximum absolute atomic E-state index is 12.2. The Hall–Kier alpha value is -2.96. The van der Waals surface area contributed by atoms with E-state index in [0.29, 0.717) is 17.3 Å². The van der Waals surface area contributed by atoms with Gasteiger partial charge in [0.1, 0.15) is 5.82 Å². The first kappa shape index (κ1) is 20.3. The van der Waals surface area contributed by atoms with Crippen LogP contribution in [-0.2, 0) is 0 Å². The minimum Gasteiger partial charge on any atom is -0.371 e. The fraction of sp³-hybridized carbons (Fsp3) is 0.478. The lowest BCUT2D eigenvalue weighted by Crippen LogP contribution is -2.31. The molecule has 4 rings (SSSR count). The van der Waals surface area contributed by atoms with E-state index >= 15 is 0 Å². The van der Waals surface area contributed by atoms with E-state index < -0.39 is 0 Å². The van der Waals surface area contributed by atoms with Crippen molar-refractivity contribution < 1.29 is 4.92 Å². The lowest BCUT2D eigenvalue weighted by molar-refractivity contribution is -0.384. The van der Waals surface area contributed by atoms with Gasteiger partial charge in [-0.15, -0.1) is 0 Å². The molecular formula is C23H29N5O2. The first-order valence-corrected chi connectivity index (χ1v) is 10.9. The van der Waals surface area contributed by atoms with Crippen LogP contribution >= 0.6 is 0 Å². The fourth-order valence-corrected chi connectivity index (χ4v) is 4.59. The van der Waals surface area contributed by atoms with Gasteiger partial charge in [-0.1, -0.05) is 30.3 Å². The summed E-state index contributed by atoms with van der Waals surface area (Å²) in [5, 5.41) is 12.2. The number of aryl methyl sites for hydroxylation is 1. The number of hydrogen-bond acceptors (Lipinski definition) is 6. The van der Waals surface area contributed by atoms with Gasteiger partial charge in [0.05, 0.1) is 4.92 Å². The van der Waals surface area contributed by atoms with Crippen molar-refractivity contribution in [1.29, 1.82) is 0 Å². The Labute approximate surface area is 177 Å². The third-order valence-electron chi connectivity index (χ3n) is 6.00. The summed E-state index contributed by atoms with van der Waals surface area (Å²) in [4.78, 5) is 25.5. The fourth-order valence-electron chi connectivity index (χ4n) is 4.59. The van der Waals surface area contributed by atoms with Crippen molar-refractivity contribution >= 4 is 22.8 Å². The van der Waals surface area contributed by atoms with Crippen molar-refractivity contribution in [3.05, 3.63) is 57.5 Å². The van der Waals surface area contributed by atoms with Crippen LogP contribution in [0.1, 0.15) is 56.1 Å². The highest BCUT2D eigenvalue weighted by Crippen LogP contribution is 2.38. The summed E-state index contributed by atoms with van der Waals surface area (Å²) in [6, 6.07) is 10.2. The minimum absolute atomic E-state index is 0.0348. The topological polar surface area (TPSA) is 75.4 Å². The number of nitro groups is 1. The number of nitrogens with zero attached hydrogens (tertiary/aromatic N) is 5. The molecule has 0 saturated carbocycles. The molecule has 2 aliphatic heterocycles. The molecule has 3 heterocycles. The number of allylic oxidation sites excluding steroid dienone is 1. The third-order valence-corrected chi connectivity index (χ3v) is 6.00. The molecule has 0 atom stereocenters. The molecule has 1 aromatic carbocycles. The molecule has 0 bridgehead atoms. The van der Waals surface area contributed by atoms with Gasteiger partial charge >= 0.3 is 5.69 Å². The van der Waals surface area contributed by atoms with Gasteiger partial charge in [0.25, 0.3) is 0 Å². The molecule has 2 aliphatic rings. The molecule has 0 spiro atoms.